The first-order valence-corrected chi connectivity index (χ1v) is 14.5. The van der Waals surface area contributed by atoms with E-state index < -0.39 is 17.7 Å². The minimum atomic E-state index is -0.974. The van der Waals surface area contributed by atoms with Crippen LogP contribution in [0.15, 0.2) is 66.2 Å². The third-order valence-corrected chi connectivity index (χ3v) is 7.95. The normalized spacial score (nSPS) is 16.2. The number of ketones is 1. The Kier molecular flexibility index (Phi) is 8.63. The van der Waals surface area contributed by atoms with Crippen LogP contribution in [0.4, 0.5) is 5.13 Å². The number of aliphatic hydroxyl groups is 1. The second kappa shape index (κ2) is 12.5. The topological polar surface area (TPSA) is 107 Å². The van der Waals surface area contributed by atoms with E-state index in [1.807, 2.05) is 13.0 Å². The molecule has 0 aliphatic carbocycles. The number of methoxy groups -OCH3 is 2. The van der Waals surface area contributed by atoms with Gasteiger partial charge in [-0.15, -0.1) is 0 Å². The minimum absolute atomic E-state index is 0.0531. The van der Waals surface area contributed by atoms with Crippen molar-refractivity contribution in [3.8, 4) is 23.0 Å². The predicted octanol–water partition coefficient (Wildman–Crippen LogP) is 6.52. The van der Waals surface area contributed by atoms with E-state index >= 15 is 0 Å². The van der Waals surface area contributed by atoms with Crippen LogP contribution < -0.4 is 23.8 Å². The number of unbranched alkanes of at least 4 members (excludes halogenated alkanes) is 1. The number of aliphatic hydroxyl groups excluding tert-OH is 1. The van der Waals surface area contributed by atoms with Crippen molar-refractivity contribution in [3.05, 3.63) is 77.4 Å². The number of fused-ring (bicyclic) bond motifs is 1. The molecule has 10 heteroatoms. The second-order valence-corrected chi connectivity index (χ2v) is 10.6. The van der Waals surface area contributed by atoms with Crippen molar-refractivity contribution in [2.24, 2.45) is 0 Å². The molecule has 1 amide bonds. The van der Waals surface area contributed by atoms with Crippen LogP contribution in [0.25, 0.3) is 16.0 Å². The molecule has 1 fully saturated rings. The summed E-state index contributed by atoms with van der Waals surface area (Å²) >= 11 is 1.26. The zero-order valence-corrected chi connectivity index (χ0v) is 24.7. The first kappa shape index (κ1) is 28.9. The van der Waals surface area contributed by atoms with Crippen LogP contribution in [0.3, 0.4) is 0 Å². The Labute approximate surface area is 247 Å². The Morgan fingerprint density at radius 1 is 0.929 bits per heavy atom. The lowest BCUT2D eigenvalue weighted by molar-refractivity contribution is -0.132. The van der Waals surface area contributed by atoms with E-state index in [9.17, 15) is 14.7 Å². The number of anilines is 1. The molecule has 4 aromatic rings. The summed E-state index contributed by atoms with van der Waals surface area (Å²) in [6.07, 6.45) is 1.87. The standard InChI is InChI=1S/C32H32N2O7S/c1-5-7-16-41-24-15-10-20(17-25(24)39-4)28-27(29(35)19-8-11-21(12-9-19)40-6-2)30(36)31(37)34(28)32-33-23-14-13-22(38-3)18-26(23)42-32/h8-15,17-18,28,35H,5-7,16H2,1-4H3/b29-27+. The zero-order chi connectivity index (χ0) is 29.8. The van der Waals surface area contributed by atoms with E-state index in [4.69, 9.17) is 18.9 Å². The number of aromatic nitrogens is 1. The number of thiazole rings is 1. The fourth-order valence-electron chi connectivity index (χ4n) is 4.80. The molecule has 2 heterocycles. The molecule has 1 aliphatic heterocycles. The molecule has 0 saturated carbocycles. The Bertz CT molecular complexity index is 1640. The largest absolute Gasteiger partial charge is 0.507 e. The van der Waals surface area contributed by atoms with Crippen LogP contribution >= 0.6 is 11.3 Å². The smallest absolute Gasteiger partial charge is 0.301 e. The number of rotatable bonds is 11. The van der Waals surface area contributed by atoms with Gasteiger partial charge in [-0.05, 0) is 73.5 Å². The van der Waals surface area contributed by atoms with E-state index in [1.165, 1.54) is 23.3 Å². The average molecular weight is 589 g/mol. The van der Waals surface area contributed by atoms with Gasteiger partial charge in [0, 0.05) is 5.56 Å². The molecule has 5 rings (SSSR count). The van der Waals surface area contributed by atoms with Crippen LogP contribution in [0, 0.1) is 0 Å². The number of Topliss-reactive ketones (excluding diaryl/α,β-unsaturated/α-hetero) is 1. The van der Waals surface area contributed by atoms with Gasteiger partial charge in [-0.1, -0.05) is 30.7 Å². The highest BCUT2D eigenvalue weighted by Crippen LogP contribution is 2.46. The summed E-state index contributed by atoms with van der Waals surface area (Å²) in [5, 5.41) is 11.8. The number of carbonyl (C=O) groups is 2. The molecular weight excluding hydrogens is 556 g/mol. The van der Waals surface area contributed by atoms with Gasteiger partial charge < -0.3 is 24.1 Å². The lowest BCUT2D eigenvalue weighted by Gasteiger charge is -2.24. The molecule has 1 aliphatic rings. The monoisotopic (exact) mass is 588 g/mol. The number of amides is 1. The fourth-order valence-corrected chi connectivity index (χ4v) is 5.82. The van der Waals surface area contributed by atoms with Gasteiger partial charge in [-0.3, -0.25) is 14.5 Å². The van der Waals surface area contributed by atoms with E-state index in [0.29, 0.717) is 58.0 Å². The summed E-state index contributed by atoms with van der Waals surface area (Å²) in [6.45, 7) is 4.97. The summed E-state index contributed by atoms with van der Waals surface area (Å²) < 4.78 is 23.2. The van der Waals surface area contributed by atoms with E-state index in [0.717, 1.165) is 17.5 Å². The number of hydrogen-bond donors (Lipinski definition) is 1. The molecular formula is C32H32N2O7S. The summed E-state index contributed by atoms with van der Waals surface area (Å²) in [5.41, 5.74) is 1.53. The lowest BCUT2D eigenvalue weighted by Crippen LogP contribution is -2.29. The average Bonchev–Trinajstić information content (AvgIpc) is 3.54. The number of carbonyl (C=O) groups excluding carboxylic acids is 2. The van der Waals surface area contributed by atoms with Crippen LogP contribution in [-0.2, 0) is 9.59 Å². The van der Waals surface area contributed by atoms with Crippen molar-refractivity contribution < 1.29 is 33.6 Å². The lowest BCUT2D eigenvalue weighted by atomic mass is 9.95. The molecule has 0 bridgehead atoms. The van der Waals surface area contributed by atoms with Crippen LogP contribution in [0.1, 0.15) is 43.9 Å². The van der Waals surface area contributed by atoms with Crippen molar-refractivity contribution in [1.82, 2.24) is 4.98 Å². The van der Waals surface area contributed by atoms with Gasteiger partial charge in [0.05, 0.1) is 49.3 Å². The molecule has 0 radical (unpaired) electrons. The molecule has 218 valence electrons. The number of benzene rings is 3. The SMILES string of the molecule is CCCCOc1ccc(C2/C(=C(\O)c3ccc(OCC)cc3)C(=O)C(=O)N2c2nc3ccc(OC)cc3s2)cc1OC. The first-order chi connectivity index (χ1) is 20.4. The molecule has 9 nitrogen and oxygen atoms in total. The van der Waals surface area contributed by atoms with Crippen molar-refractivity contribution in [3.63, 3.8) is 0 Å². The molecule has 3 aromatic carbocycles. The summed E-state index contributed by atoms with van der Waals surface area (Å²) in [7, 11) is 3.11. The van der Waals surface area contributed by atoms with Crippen molar-refractivity contribution >= 4 is 44.1 Å². The van der Waals surface area contributed by atoms with Crippen molar-refractivity contribution in [2.45, 2.75) is 32.7 Å². The van der Waals surface area contributed by atoms with Gasteiger partial charge in [-0.25, -0.2) is 4.98 Å². The van der Waals surface area contributed by atoms with E-state index in [2.05, 4.69) is 11.9 Å². The second-order valence-electron chi connectivity index (χ2n) is 9.57. The number of nitrogens with zero attached hydrogens (tertiary/aromatic N) is 2. The minimum Gasteiger partial charge on any atom is -0.507 e. The highest BCUT2D eigenvalue weighted by atomic mass is 32.1. The molecule has 1 saturated heterocycles. The summed E-state index contributed by atoms with van der Waals surface area (Å²) in [6, 6.07) is 16.4. The molecule has 1 atom stereocenters. The van der Waals surface area contributed by atoms with Crippen molar-refractivity contribution in [1.29, 1.82) is 0 Å². The van der Waals surface area contributed by atoms with Gasteiger partial charge in [0.25, 0.3) is 5.78 Å². The molecule has 42 heavy (non-hydrogen) atoms. The maximum atomic E-state index is 13.7. The van der Waals surface area contributed by atoms with Gasteiger partial charge in [-0.2, -0.15) is 0 Å². The quantitative estimate of drug-likeness (QED) is 0.0914. The summed E-state index contributed by atoms with van der Waals surface area (Å²) in [4.78, 5) is 33.3. The summed E-state index contributed by atoms with van der Waals surface area (Å²) in [5.74, 6) is 0.365. The third-order valence-electron chi connectivity index (χ3n) is 6.93. The van der Waals surface area contributed by atoms with Crippen LogP contribution in [-0.4, -0.2) is 49.2 Å². The van der Waals surface area contributed by atoms with Crippen LogP contribution in [0.2, 0.25) is 0 Å². The Morgan fingerprint density at radius 3 is 2.38 bits per heavy atom. The maximum absolute atomic E-state index is 13.7. The van der Waals surface area contributed by atoms with Crippen LogP contribution in [0.5, 0.6) is 23.0 Å². The molecule has 0 spiro atoms. The van der Waals surface area contributed by atoms with E-state index in [-0.39, 0.29) is 11.3 Å². The van der Waals surface area contributed by atoms with Crippen molar-refractivity contribution in [2.75, 3.05) is 32.3 Å². The molecule has 1 aromatic heterocycles. The highest BCUT2D eigenvalue weighted by Gasteiger charge is 2.48. The Morgan fingerprint density at radius 2 is 1.69 bits per heavy atom. The fraction of sp³-hybridized carbons (Fsp3) is 0.281. The van der Waals surface area contributed by atoms with Gasteiger partial charge in [0.15, 0.2) is 16.6 Å². The number of ether oxygens (including phenoxy) is 4. The molecule has 1 N–H and O–H groups in total. The third kappa shape index (κ3) is 5.49. The first-order valence-electron chi connectivity index (χ1n) is 13.7. The Hall–Kier alpha value is -4.57. The van der Waals surface area contributed by atoms with E-state index in [1.54, 1.807) is 61.7 Å². The van der Waals surface area contributed by atoms with Gasteiger partial charge in [0.1, 0.15) is 17.3 Å². The molecule has 1 unspecified atom stereocenters. The van der Waals surface area contributed by atoms with Gasteiger partial charge in [0.2, 0.25) is 0 Å². The maximum Gasteiger partial charge on any atom is 0.301 e. The van der Waals surface area contributed by atoms with Gasteiger partial charge >= 0.3 is 5.91 Å². The number of hydrogen-bond acceptors (Lipinski definition) is 9. The zero-order valence-electron chi connectivity index (χ0n) is 23.9. The highest BCUT2D eigenvalue weighted by molar-refractivity contribution is 7.22. The predicted molar refractivity (Wildman–Crippen MR) is 162 cm³/mol. The Balaban J connectivity index is 1.66.